The first kappa shape index (κ1) is 18.8. The minimum Gasteiger partial charge on any atom is -0.487 e. The summed E-state index contributed by atoms with van der Waals surface area (Å²) in [4.78, 5) is 16.3. The van der Waals surface area contributed by atoms with E-state index >= 15 is 0 Å². The topological polar surface area (TPSA) is 82.0 Å². The van der Waals surface area contributed by atoms with Gasteiger partial charge in [0.25, 0.3) is 0 Å². The molecule has 0 aliphatic carbocycles. The molecule has 2 aromatic heterocycles. The number of rotatable bonds is 8. The lowest BCUT2D eigenvalue weighted by molar-refractivity contribution is 0.0941. The molecule has 0 saturated carbocycles. The van der Waals surface area contributed by atoms with Crippen LogP contribution in [0.1, 0.15) is 24.1 Å². The van der Waals surface area contributed by atoms with Gasteiger partial charge in [-0.05, 0) is 42.7 Å². The predicted octanol–water partition coefficient (Wildman–Crippen LogP) is 3.02. The highest BCUT2D eigenvalue weighted by molar-refractivity contribution is 7.98. The molecule has 4 rings (SSSR count). The maximum absolute atomic E-state index is 12.0. The molecule has 0 spiro atoms. The Labute approximate surface area is 167 Å². The van der Waals surface area contributed by atoms with Crippen LogP contribution in [0.3, 0.4) is 0 Å². The van der Waals surface area contributed by atoms with Crippen LogP contribution in [0, 0.1) is 0 Å². The standard InChI is InChI=1S/C20H22N4O3S/c25-19-22-23-20(24(19)12-18-5-3-11-26-18)28-14-15-6-8-17(9-7-15)27-13-16-4-1-2-10-21-16/h1-2,4,6-10,18H,3,5,11-14H2,(H,22,25). The first-order chi connectivity index (χ1) is 13.8. The molecule has 7 nitrogen and oxygen atoms in total. The molecule has 1 aliphatic heterocycles. The van der Waals surface area contributed by atoms with Crippen molar-refractivity contribution >= 4 is 11.8 Å². The second-order valence-corrected chi connectivity index (χ2v) is 7.54. The molecule has 1 aliphatic rings. The summed E-state index contributed by atoms with van der Waals surface area (Å²) < 4.78 is 13.1. The Bertz CT molecular complexity index is 934. The van der Waals surface area contributed by atoms with Crippen LogP contribution < -0.4 is 10.4 Å². The van der Waals surface area contributed by atoms with Crippen molar-refractivity contribution in [3.63, 3.8) is 0 Å². The van der Waals surface area contributed by atoms with Crippen molar-refractivity contribution in [3.05, 3.63) is 70.4 Å². The van der Waals surface area contributed by atoms with E-state index in [4.69, 9.17) is 9.47 Å². The molecule has 0 amide bonds. The second kappa shape index (κ2) is 9.07. The highest BCUT2D eigenvalue weighted by Gasteiger charge is 2.19. The molecule has 1 aromatic carbocycles. The molecule has 8 heteroatoms. The van der Waals surface area contributed by atoms with Crippen LogP contribution in [-0.2, 0) is 23.6 Å². The van der Waals surface area contributed by atoms with E-state index in [0.29, 0.717) is 18.3 Å². The number of aromatic amines is 1. The number of ether oxygens (including phenoxy) is 2. The summed E-state index contributed by atoms with van der Waals surface area (Å²) >= 11 is 1.53. The fourth-order valence-corrected chi connectivity index (χ4v) is 3.95. The van der Waals surface area contributed by atoms with Crippen molar-refractivity contribution in [2.75, 3.05) is 6.61 Å². The van der Waals surface area contributed by atoms with E-state index < -0.39 is 0 Å². The maximum Gasteiger partial charge on any atom is 0.344 e. The van der Waals surface area contributed by atoms with E-state index in [-0.39, 0.29) is 11.8 Å². The number of thioether (sulfide) groups is 1. The van der Waals surface area contributed by atoms with Crippen molar-refractivity contribution in [1.82, 2.24) is 19.7 Å². The highest BCUT2D eigenvalue weighted by atomic mass is 32.2. The van der Waals surface area contributed by atoms with Crippen LogP contribution in [0.15, 0.2) is 58.6 Å². The summed E-state index contributed by atoms with van der Waals surface area (Å²) in [7, 11) is 0. The molecule has 1 N–H and O–H groups in total. The fourth-order valence-electron chi connectivity index (χ4n) is 3.04. The van der Waals surface area contributed by atoms with Crippen molar-refractivity contribution in [1.29, 1.82) is 0 Å². The lowest BCUT2D eigenvalue weighted by Gasteiger charge is -2.11. The molecule has 3 heterocycles. The molecule has 0 radical (unpaired) electrons. The van der Waals surface area contributed by atoms with E-state index in [2.05, 4.69) is 15.2 Å². The average Bonchev–Trinajstić information content (AvgIpc) is 3.37. The summed E-state index contributed by atoms with van der Waals surface area (Å²) in [6.07, 6.45) is 3.90. The first-order valence-electron chi connectivity index (χ1n) is 9.29. The molecule has 1 fully saturated rings. The lowest BCUT2D eigenvalue weighted by atomic mass is 10.2. The first-order valence-corrected chi connectivity index (χ1v) is 10.3. The largest absolute Gasteiger partial charge is 0.487 e. The van der Waals surface area contributed by atoms with Crippen LogP contribution >= 0.6 is 11.8 Å². The minimum absolute atomic E-state index is 0.102. The van der Waals surface area contributed by atoms with Crippen LogP contribution in [-0.4, -0.2) is 32.5 Å². The number of H-pyrrole nitrogens is 1. The molecule has 3 aromatic rings. The van der Waals surface area contributed by atoms with Crippen molar-refractivity contribution < 1.29 is 9.47 Å². The van der Waals surface area contributed by atoms with Gasteiger partial charge in [-0.2, -0.15) is 0 Å². The third-order valence-corrected chi connectivity index (χ3v) is 5.59. The van der Waals surface area contributed by atoms with Crippen LogP contribution in [0.2, 0.25) is 0 Å². The molecule has 146 valence electrons. The van der Waals surface area contributed by atoms with Crippen LogP contribution in [0.25, 0.3) is 0 Å². The zero-order valence-electron chi connectivity index (χ0n) is 15.4. The van der Waals surface area contributed by atoms with Gasteiger partial charge < -0.3 is 9.47 Å². The van der Waals surface area contributed by atoms with E-state index in [1.807, 2.05) is 42.5 Å². The zero-order valence-corrected chi connectivity index (χ0v) is 16.2. The monoisotopic (exact) mass is 398 g/mol. The summed E-state index contributed by atoms with van der Waals surface area (Å²) in [5.41, 5.74) is 1.84. The van der Waals surface area contributed by atoms with Crippen LogP contribution in [0.5, 0.6) is 5.75 Å². The Morgan fingerprint density at radius 2 is 2.14 bits per heavy atom. The normalized spacial score (nSPS) is 16.4. The number of hydrogen-bond donors (Lipinski definition) is 1. The molecule has 28 heavy (non-hydrogen) atoms. The van der Waals surface area contributed by atoms with Crippen molar-refractivity contribution in [2.24, 2.45) is 0 Å². The Morgan fingerprint density at radius 3 is 2.89 bits per heavy atom. The Balaban J connectivity index is 1.32. The quantitative estimate of drug-likeness (QED) is 0.588. The van der Waals surface area contributed by atoms with Crippen molar-refractivity contribution in [2.45, 2.75) is 43.0 Å². The summed E-state index contributed by atoms with van der Waals surface area (Å²) in [6.45, 7) is 1.77. The van der Waals surface area contributed by atoms with E-state index in [1.165, 1.54) is 11.8 Å². The summed E-state index contributed by atoms with van der Waals surface area (Å²) in [5, 5.41) is 7.39. The number of benzene rings is 1. The number of nitrogens with zero attached hydrogens (tertiary/aromatic N) is 3. The predicted molar refractivity (Wildman–Crippen MR) is 106 cm³/mol. The Morgan fingerprint density at radius 1 is 1.25 bits per heavy atom. The number of hydrogen-bond acceptors (Lipinski definition) is 6. The molecule has 1 atom stereocenters. The van der Waals surface area contributed by atoms with Gasteiger partial charge in [-0.25, -0.2) is 9.89 Å². The fraction of sp³-hybridized carbons (Fsp3) is 0.350. The van der Waals surface area contributed by atoms with Gasteiger partial charge in [-0.3, -0.25) is 9.55 Å². The number of aromatic nitrogens is 4. The summed E-state index contributed by atoms with van der Waals surface area (Å²) in [6, 6.07) is 13.7. The number of pyridine rings is 1. The van der Waals surface area contributed by atoms with Gasteiger partial charge in [0.1, 0.15) is 12.4 Å². The van der Waals surface area contributed by atoms with Crippen LogP contribution in [0.4, 0.5) is 0 Å². The SMILES string of the molecule is O=c1[nH]nc(SCc2ccc(OCc3ccccn3)cc2)n1CC1CCCO1. The van der Waals surface area contributed by atoms with E-state index in [0.717, 1.165) is 42.2 Å². The van der Waals surface area contributed by atoms with E-state index in [1.54, 1.807) is 10.8 Å². The van der Waals surface area contributed by atoms with Gasteiger partial charge in [0.05, 0.1) is 18.3 Å². The molecule has 1 unspecified atom stereocenters. The number of nitrogens with one attached hydrogen (secondary N) is 1. The lowest BCUT2D eigenvalue weighted by Crippen LogP contribution is -2.24. The third-order valence-electron chi connectivity index (χ3n) is 4.54. The van der Waals surface area contributed by atoms with Gasteiger partial charge in [-0.1, -0.05) is 30.0 Å². The molecule has 1 saturated heterocycles. The minimum atomic E-state index is -0.184. The van der Waals surface area contributed by atoms with Gasteiger partial charge >= 0.3 is 5.69 Å². The summed E-state index contributed by atoms with van der Waals surface area (Å²) in [5.74, 6) is 1.52. The second-order valence-electron chi connectivity index (χ2n) is 6.60. The Hall–Kier alpha value is -2.58. The molecular weight excluding hydrogens is 376 g/mol. The van der Waals surface area contributed by atoms with Gasteiger partial charge in [0.2, 0.25) is 0 Å². The highest BCUT2D eigenvalue weighted by Crippen LogP contribution is 2.23. The van der Waals surface area contributed by atoms with Gasteiger partial charge in [0, 0.05) is 18.6 Å². The zero-order chi connectivity index (χ0) is 19.2. The average molecular weight is 398 g/mol. The smallest absolute Gasteiger partial charge is 0.344 e. The molecule has 0 bridgehead atoms. The van der Waals surface area contributed by atoms with Crippen molar-refractivity contribution in [3.8, 4) is 5.75 Å². The molecular formula is C20H22N4O3S. The van der Waals surface area contributed by atoms with Gasteiger partial charge in [0.15, 0.2) is 5.16 Å². The maximum atomic E-state index is 12.0. The van der Waals surface area contributed by atoms with Gasteiger partial charge in [-0.15, -0.1) is 5.10 Å². The van der Waals surface area contributed by atoms with E-state index in [9.17, 15) is 4.79 Å². The third kappa shape index (κ3) is 4.82. The Kier molecular flexibility index (Phi) is 6.08.